The molecule has 21 heavy (non-hydrogen) atoms. The third kappa shape index (κ3) is 5.45. The van der Waals surface area contributed by atoms with E-state index in [1.807, 2.05) is 13.8 Å². The Morgan fingerprint density at radius 2 is 1.76 bits per heavy atom. The Balaban J connectivity index is 2.55. The van der Waals surface area contributed by atoms with Crippen molar-refractivity contribution >= 4 is 11.8 Å². The first kappa shape index (κ1) is 17.0. The predicted octanol–water partition coefficient (Wildman–Crippen LogP) is 2.35. The van der Waals surface area contributed by atoms with E-state index < -0.39 is 17.6 Å². The highest BCUT2D eigenvalue weighted by molar-refractivity contribution is 5.96. The van der Waals surface area contributed by atoms with Gasteiger partial charge in [0.15, 0.2) is 0 Å². The number of amides is 2. The number of halogens is 3. The molecule has 0 saturated carbocycles. The van der Waals surface area contributed by atoms with Crippen LogP contribution in [-0.2, 0) is 11.0 Å². The van der Waals surface area contributed by atoms with E-state index in [2.05, 4.69) is 10.6 Å². The molecule has 1 atom stereocenters. The third-order valence-corrected chi connectivity index (χ3v) is 2.90. The largest absolute Gasteiger partial charge is 0.416 e. The monoisotopic (exact) mass is 302 g/mol. The summed E-state index contributed by atoms with van der Waals surface area (Å²) < 4.78 is 37.1. The van der Waals surface area contributed by atoms with Crippen LogP contribution in [0.4, 0.5) is 13.2 Å². The van der Waals surface area contributed by atoms with E-state index in [1.165, 1.54) is 0 Å². The Morgan fingerprint density at radius 3 is 2.24 bits per heavy atom. The molecule has 1 aromatic carbocycles. The van der Waals surface area contributed by atoms with E-state index in [9.17, 15) is 22.8 Å². The Hall–Kier alpha value is -2.05. The molecule has 0 aliphatic rings. The van der Waals surface area contributed by atoms with Gasteiger partial charge in [-0.1, -0.05) is 6.92 Å². The molecule has 0 heterocycles. The minimum absolute atomic E-state index is 0.000436. The zero-order valence-electron chi connectivity index (χ0n) is 11.8. The number of rotatable bonds is 5. The van der Waals surface area contributed by atoms with E-state index in [1.54, 1.807) is 0 Å². The molecule has 0 spiro atoms. The summed E-state index contributed by atoms with van der Waals surface area (Å²) in [5.74, 6) is -0.937. The zero-order valence-corrected chi connectivity index (χ0v) is 11.8. The van der Waals surface area contributed by atoms with E-state index in [-0.39, 0.29) is 24.1 Å². The minimum Gasteiger partial charge on any atom is -0.352 e. The molecular formula is C14H17F3N2O2. The van der Waals surface area contributed by atoms with Crippen molar-refractivity contribution in [3.05, 3.63) is 35.4 Å². The quantitative estimate of drug-likeness (QED) is 0.877. The molecule has 1 aromatic rings. The van der Waals surface area contributed by atoms with Crippen LogP contribution in [-0.4, -0.2) is 24.4 Å². The first-order valence-corrected chi connectivity index (χ1v) is 6.49. The SMILES string of the molecule is CCC(C)NC(=O)CNC(=O)c1ccc(C(F)(F)F)cc1. The average Bonchev–Trinajstić information content (AvgIpc) is 2.43. The Morgan fingerprint density at radius 1 is 1.19 bits per heavy atom. The van der Waals surface area contributed by atoms with Crippen molar-refractivity contribution < 1.29 is 22.8 Å². The van der Waals surface area contributed by atoms with Crippen molar-refractivity contribution in [1.29, 1.82) is 0 Å². The van der Waals surface area contributed by atoms with Crippen LogP contribution in [0.5, 0.6) is 0 Å². The summed E-state index contributed by atoms with van der Waals surface area (Å²) in [6, 6.07) is 3.80. The molecule has 0 bridgehead atoms. The molecule has 0 aromatic heterocycles. The number of alkyl halides is 3. The lowest BCUT2D eigenvalue weighted by Crippen LogP contribution is -2.40. The van der Waals surface area contributed by atoms with Gasteiger partial charge in [-0.3, -0.25) is 9.59 Å². The minimum atomic E-state index is -4.44. The lowest BCUT2D eigenvalue weighted by Gasteiger charge is -2.12. The fourth-order valence-electron chi connectivity index (χ4n) is 1.50. The molecule has 0 aliphatic heterocycles. The summed E-state index contributed by atoms with van der Waals surface area (Å²) in [4.78, 5) is 23.2. The Bertz CT molecular complexity index is 498. The maximum absolute atomic E-state index is 12.4. The number of hydrogen-bond donors (Lipinski definition) is 2. The lowest BCUT2D eigenvalue weighted by atomic mass is 10.1. The van der Waals surface area contributed by atoms with Gasteiger partial charge in [0.1, 0.15) is 0 Å². The standard InChI is InChI=1S/C14H17F3N2O2/c1-3-9(2)19-12(20)8-18-13(21)10-4-6-11(7-5-10)14(15,16)17/h4-7,9H,3,8H2,1-2H3,(H,18,21)(H,19,20). The molecule has 1 rings (SSSR count). The molecule has 0 aliphatic carbocycles. The Labute approximate surface area is 120 Å². The molecule has 2 N–H and O–H groups in total. The molecule has 2 amide bonds. The van der Waals surface area contributed by atoms with Crippen molar-refractivity contribution in [2.24, 2.45) is 0 Å². The third-order valence-electron chi connectivity index (χ3n) is 2.90. The second-order valence-corrected chi connectivity index (χ2v) is 4.63. The van der Waals surface area contributed by atoms with Gasteiger partial charge in [0.2, 0.25) is 5.91 Å². The lowest BCUT2D eigenvalue weighted by molar-refractivity contribution is -0.137. The number of carbonyl (C=O) groups excluding carboxylic acids is 2. The summed E-state index contributed by atoms with van der Waals surface area (Å²) in [6.45, 7) is 3.52. The van der Waals surface area contributed by atoms with E-state index in [0.717, 1.165) is 30.7 Å². The number of benzene rings is 1. The maximum atomic E-state index is 12.4. The molecule has 1 unspecified atom stereocenters. The summed E-state index contributed by atoms with van der Waals surface area (Å²) in [5.41, 5.74) is -0.757. The van der Waals surface area contributed by atoms with Gasteiger partial charge in [-0.15, -0.1) is 0 Å². The van der Waals surface area contributed by atoms with Crippen LogP contribution >= 0.6 is 0 Å². The first-order valence-electron chi connectivity index (χ1n) is 6.49. The predicted molar refractivity (Wildman–Crippen MR) is 71.7 cm³/mol. The molecule has 116 valence electrons. The van der Waals surface area contributed by atoms with Crippen LogP contribution < -0.4 is 10.6 Å². The van der Waals surface area contributed by atoms with E-state index in [4.69, 9.17) is 0 Å². The normalized spacial score (nSPS) is 12.6. The number of nitrogens with one attached hydrogen (secondary N) is 2. The fourth-order valence-corrected chi connectivity index (χ4v) is 1.50. The molecule has 0 saturated heterocycles. The summed E-state index contributed by atoms with van der Waals surface area (Å²) in [6.07, 6.45) is -3.68. The van der Waals surface area contributed by atoms with Crippen LogP contribution in [0.2, 0.25) is 0 Å². The smallest absolute Gasteiger partial charge is 0.352 e. The first-order chi connectivity index (χ1) is 9.74. The van der Waals surface area contributed by atoms with Gasteiger partial charge in [0.25, 0.3) is 5.91 Å². The number of carbonyl (C=O) groups is 2. The molecule has 0 radical (unpaired) electrons. The molecule has 4 nitrogen and oxygen atoms in total. The summed E-state index contributed by atoms with van der Waals surface area (Å²) in [5, 5.41) is 5.02. The number of hydrogen-bond acceptors (Lipinski definition) is 2. The van der Waals surface area contributed by atoms with Gasteiger partial charge < -0.3 is 10.6 Å². The average molecular weight is 302 g/mol. The van der Waals surface area contributed by atoms with Crippen molar-refractivity contribution in [3.63, 3.8) is 0 Å². The van der Waals surface area contributed by atoms with E-state index >= 15 is 0 Å². The highest BCUT2D eigenvalue weighted by Gasteiger charge is 2.30. The van der Waals surface area contributed by atoms with Gasteiger partial charge in [0.05, 0.1) is 12.1 Å². The van der Waals surface area contributed by atoms with Crippen molar-refractivity contribution in [2.75, 3.05) is 6.54 Å². The van der Waals surface area contributed by atoms with Gasteiger partial charge in [0, 0.05) is 11.6 Å². The summed E-state index contributed by atoms with van der Waals surface area (Å²) >= 11 is 0. The summed E-state index contributed by atoms with van der Waals surface area (Å²) in [7, 11) is 0. The van der Waals surface area contributed by atoms with Crippen LogP contribution in [0.25, 0.3) is 0 Å². The van der Waals surface area contributed by atoms with Crippen molar-refractivity contribution in [3.8, 4) is 0 Å². The van der Waals surface area contributed by atoms with Crippen LogP contribution in [0.1, 0.15) is 36.2 Å². The molecule has 7 heteroatoms. The fraction of sp³-hybridized carbons (Fsp3) is 0.429. The second-order valence-electron chi connectivity index (χ2n) is 4.63. The van der Waals surface area contributed by atoms with Gasteiger partial charge in [-0.05, 0) is 37.6 Å². The van der Waals surface area contributed by atoms with Crippen LogP contribution in [0.3, 0.4) is 0 Å². The van der Waals surface area contributed by atoms with Gasteiger partial charge in [-0.2, -0.15) is 13.2 Å². The topological polar surface area (TPSA) is 58.2 Å². The highest BCUT2D eigenvalue weighted by atomic mass is 19.4. The maximum Gasteiger partial charge on any atom is 0.416 e. The Kier molecular flexibility index (Phi) is 5.75. The van der Waals surface area contributed by atoms with Crippen molar-refractivity contribution in [1.82, 2.24) is 10.6 Å². The van der Waals surface area contributed by atoms with Crippen LogP contribution in [0, 0.1) is 0 Å². The second kappa shape index (κ2) is 7.10. The van der Waals surface area contributed by atoms with Crippen LogP contribution in [0.15, 0.2) is 24.3 Å². The van der Waals surface area contributed by atoms with Crippen molar-refractivity contribution in [2.45, 2.75) is 32.5 Å². The molecule has 0 fully saturated rings. The van der Waals surface area contributed by atoms with E-state index in [0.29, 0.717) is 0 Å². The van der Waals surface area contributed by atoms with Gasteiger partial charge >= 0.3 is 6.18 Å². The highest BCUT2D eigenvalue weighted by Crippen LogP contribution is 2.28. The van der Waals surface area contributed by atoms with Gasteiger partial charge in [-0.25, -0.2) is 0 Å². The molecular weight excluding hydrogens is 285 g/mol. The zero-order chi connectivity index (χ0) is 16.0.